The Labute approximate surface area is 118 Å². The van der Waals surface area contributed by atoms with Crippen molar-refractivity contribution in [3.8, 4) is 0 Å². The molecule has 19 heavy (non-hydrogen) atoms. The van der Waals surface area contributed by atoms with Crippen molar-refractivity contribution in [1.29, 1.82) is 0 Å². The van der Waals surface area contributed by atoms with Gasteiger partial charge in [0.2, 0.25) is 0 Å². The fraction of sp³-hybridized carbons (Fsp3) is 0.611. The Hall–Kier alpha value is -1.11. The van der Waals surface area contributed by atoms with Gasteiger partial charge in [-0.15, -0.1) is 0 Å². The smallest absolute Gasteiger partial charge is 0.134 e. The molecule has 0 saturated heterocycles. The molecule has 1 rings (SSSR count). The molecular formula is C18H28O. The standard InChI is InChI=1S/C18H28O/c1-11(2)15-9-16(12(3)4)18(8-14(7)19)17(10-15)13(5)6/h9-13H,8H2,1-7H3. The van der Waals surface area contributed by atoms with Crippen LogP contribution in [0, 0.1) is 0 Å². The molecule has 0 atom stereocenters. The summed E-state index contributed by atoms with van der Waals surface area (Å²) < 4.78 is 0. The van der Waals surface area contributed by atoms with Crippen molar-refractivity contribution in [2.45, 2.75) is 72.6 Å². The summed E-state index contributed by atoms with van der Waals surface area (Å²) >= 11 is 0. The van der Waals surface area contributed by atoms with Gasteiger partial charge in [-0.05, 0) is 46.9 Å². The number of ketones is 1. The monoisotopic (exact) mass is 260 g/mol. The lowest BCUT2D eigenvalue weighted by atomic mass is 9.83. The maximum atomic E-state index is 11.6. The quantitative estimate of drug-likeness (QED) is 0.712. The van der Waals surface area contributed by atoms with E-state index < -0.39 is 0 Å². The van der Waals surface area contributed by atoms with Gasteiger partial charge in [-0.2, -0.15) is 0 Å². The number of benzene rings is 1. The second-order valence-electron chi connectivity index (χ2n) is 6.52. The highest BCUT2D eigenvalue weighted by Crippen LogP contribution is 2.32. The summed E-state index contributed by atoms with van der Waals surface area (Å²) in [4.78, 5) is 11.6. The Morgan fingerprint density at radius 2 is 1.32 bits per heavy atom. The minimum Gasteiger partial charge on any atom is -0.300 e. The number of hydrogen-bond donors (Lipinski definition) is 0. The number of Topliss-reactive ketones (excluding diaryl/α,β-unsaturated/α-hetero) is 1. The van der Waals surface area contributed by atoms with Crippen LogP contribution in [0.4, 0.5) is 0 Å². The maximum Gasteiger partial charge on any atom is 0.134 e. The maximum absolute atomic E-state index is 11.6. The second-order valence-corrected chi connectivity index (χ2v) is 6.52. The van der Waals surface area contributed by atoms with Gasteiger partial charge in [-0.3, -0.25) is 4.79 Å². The minimum atomic E-state index is 0.251. The fourth-order valence-corrected chi connectivity index (χ4v) is 2.56. The largest absolute Gasteiger partial charge is 0.300 e. The third-order valence-corrected chi connectivity index (χ3v) is 3.68. The van der Waals surface area contributed by atoms with Crippen LogP contribution in [0.5, 0.6) is 0 Å². The van der Waals surface area contributed by atoms with Crippen LogP contribution in [-0.2, 0) is 11.2 Å². The molecule has 0 aromatic heterocycles. The number of hydrogen-bond acceptors (Lipinski definition) is 1. The molecule has 0 amide bonds. The Morgan fingerprint density at radius 1 is 0.895 bits per heavy atom. The van der Waals surface area contributed by atoms with Crippen molar-refractivity contribution < 1.29 is 4.79 Å². The van der Waals surface area contributed by atoms with Gasteiger partial charge >= 0.3 is 0 Å². The highest BCUT2D eigenvalue weighted by atomic mass is 16.1. The summed E-state index contributed by atoms with van der Waals surface area (Å²) in [6.07, 6.45) is 0.569. The Bertz CT molecular complexity index is 424. The summed E-state index contributed by atoms with van der Waals surface area (Å²) in [5, 5.41) is 0. The summed E-state index contributed by atoms with van der Waals surface area (Å²) in [6, 6.07) is 4.61. The molecule has 0 aliphatic carbocycles. The predicted octanol–water partition coefficient (Wildman–Crippen LogP) is 5.19. The molecule has 0 heterocycles. The van der Waals surface area contributed by atoms with E-state index in [1.54, 1.807) is 6.92 Å². The van der Waals surface area contributed by atoms with Gasteiger partial charge < -0.3 is 0 Å². The molecule has 0 fully saturated rings. The van der Waals surface area contributed by atoms with Crippen molar-refractivity contribution in [2.75, 3.05) is 0 Å². The number of rotatable bonds is 5. The second kappa shape index (κ2) is 6.36. The van der Waals surface area contributed by atoms with Crippen LogP contribution in [0.25, 0.3) is 0 Å². The summed E-state index contributed by atoms with van der Waals surface area (Å²) in [5.74, 6) is 1.71. The summed E-state index contributed by atoms with van der Waals surface area (Å²) in [7, 11) is 0. The minimum absolute atomic E-state index is 0.251. The van der Waals surface area contributed by atoms with E-state index in [1.807, 2.05) is 0 Å². The van der Waals surface area contributed by atoms with E-state index in [-0.39, 0.29) is 5.78 Å². The van der Waals surface area contributed by atoms with Crippen LogP contribution in [0.15, 0.2) is 12.1 Å². The van der Waals surface area contributed by atoms with Crippen molar-refractivity contribution in [3.05, 3.63) is 34.4 Å². The molecule has 0 saturated carbocycles. The first-order valence-corrected chi connectivity index (χ1v) is 7.40. The van der Waals surface area contributed by atoms with Gasteiger partial charge in [-0.1, -0.05) is 53.7 Å². The fourth-order valence-electron chi connectivity index (χ4n) is 2.56. The first kappa shape index (κ1) is 15.9. The number of carbonyl (C=O) groups excluding carboxylic acids is 1. The normalized spacial score (nSPS) is 11.7. The van der Waals surface area contributed by atoms with Crippen LogP contribution in [0.1, 0.15) is 88.5 Å². The molecule has 0 unspecified atom stereocenters. The Kier molecular flexibility index (Phi) is 5.34. The van der Waals surface area contributed by atoms with Gasteiger partial charge in [0.25, 0.3) is 0 Å². The molecule has 0 radical (unpaired) electrons. The number of carbonyl (C=O) groups is 1. The third-order valence-electron chi connectivity index (χ3n) is 3.68. The van der Waals surface area contributed by atoms with E-state index in [4.69, 9.17) is 0 Å². The molecule has 1 heteroatoms. The van der Waals surface area contributed by atoms with E-state index in [9.17, 15) is 4.79 Å². The van der Waals surface area contributed by atoms with Gasteiger partial charge in [0.05, 0.1) is 0 Å². The molecule has 0 spiro atoms. The van der Waals surface area contributed by atoms with Crippen molar-refractivity contribution in [3.63, 3.8) is 0 Å². The van der Waals surface area contributed by atoms with Gasteiger partial charge in [0.1, 0.15) is 5.78 Å². The topological polar surface area (TPSA) is 17.1 Å². The first-order valence-electron chi connectivity index (χ1n) is 7.40. The summed E-state index contributed by atoms with van der Waals surface area (Å²) in [5.41, 5.74) is 5.36. The lowest BCUT2D eigenvalue weighted by molar-refractivity contribution is -0.116. The van der Waals surface area contributed by atoms with E-state index in [1.165, 1.54) is 22.3 Å². The van der Waals surface area contributed by atoms with E-state index in [0.717, 1.165) is 0 Å². The lowest BCUT2D eigenvalue weighted by Gasteiger charge is -2.22. The molecule has 1 aromatic rings. The molecule has 0 N–H and O–H groups in total. The molecule has 0 bridgehead atoms. The zero-order valence-electron chi connectivity index (χ0n) is 13.5. The highest BCUT2D eigenvalue weighted by molar-refractivity contribution is 5.79. The van der Waals surface area contributed by atoms with Crippen molar-refractivity contribution in [1.82, 2.24) is 0 Å². The molecule has 0 aliphatic heterocycles. The van der Waals surface area contributed by atoms with Crippen LogP contribution in [-0.4, -0.2) is 5.78 Å². The lowest BCUT2D eigenvalue weighted by Crippen LogP contribution is -2.09. The van der Waals surface area contributed by atoms with Crippen molar-refractivity contribution in [2.24, 2.45) is 0 Å². The zero-order valence-corrected chi connectivity index (χ0v) is 13.5. The molecule has 106 valence electrons. The highest BCUT2D eigenvalue weighted by Gasteiger charge is 2.17. The van der Waals surface area contributed by atoms with Gasteiger partial charge in [0.15, 0.2) is 0 Å². The third kappa shape index (κ3) is 3.92. The Morgan fingerprint density at radius 3 is 1.58 bits per heavy atom. The molecular weight excluding hydrogens is 232 g/mol. The predicted molar refractivity (Wildman–Crippen MR) is 83.1 cm³/mol. The van der Waals surface area contributed by atoms with Crippen molar-refractivity contribution >= 4 is 5.78 Å². The van der Waals surface area contributed by atoms with E-state index >= 15 is 0 Å². The zero-order chi connectivity index (χ0) is 14.7. The van der Waals surface area contributed by atoms with Crippen LogP contribution in [0.3, 0.4) is 0 Å². The Balaban J connectivity index is 3.50. The molecule has 0 aliphatic rings. The SMILES string of the molecule is CC(=O)Cc1c(C(C)C)cc(C(C)C)cc1C(C)C. The van der Waals surface area contributed by atoms with Gasteiger partial charge in [0, 0.05) is 6.42 Å². The van der Waals surface area contributed by atoms with Gasteiger partial charge in [-0.25, -0.2) is 0 Å². The summed E-state index contributed by atoms with van der Waals surface area (Å²) in [6.45, 7) is 15.0. The first-order chi connectivity index (χ1) is 8.73. The van der Waals surface area contributed by atoms with Crippen LogP contribution < -0.4 is 0 Å². The van der Waals surface area contributed by atoms with E-state index in [2.05, 4.69) is 53.7 Å². The molecule has 1 aromatic carbocycles. The molecule has 1 nitrogen and oxygen atoms in total. The average molecular weight is 260 g/mol. The van der Waals surface area contributed by atoms with E-state index in [0.29, 0.717) is 24.2 Å². The van der Waals surface area contributed by atoms with Crippen LogP contribution >= 0.6 is 0 Å². The van der Waals surface area contributed by atoms with Crippen LogP contribution in [0.2, 0.25) is 0 Å². The average Bonchev–Trinajstić information content (AvgIpc) is 2.27.